The number of fused-ring (bicyclic) bond motifs is 1. The molecule has 1 aliphatic rings. The predicted molar refractivity (Wildman–Crippen MR) is 85.3 cm³/mol. The van der Waals surface area contributed by atoms with E-state index in [1.54, 1.807) is 0 Å². The van der Waals surface area contributed by atoms with E-state index in [-0.39, 0.29) is 11.2 Å². The first-order valence-electron chi connectivity index (χ1n) is 7.75. The predicted octanol–water partition coefficient (Wildman–Crippen LogP) is 0.800. The first-order chi connectivity index (χ1) is 11.5. The maximum absolute atomic E-state index is 11.8. The number of benzene rings is 1. The zero-order chi connectivity index (χ0) is 17.3. The summed E-state index contributed by atoms with van der Waals surface area (Å²) in [6.07, 6.45) is 1.30. The molecule has 1 aliphatic heterocycles. The molecule has 0 spiro atoms. The van der Waals surface area contributed by atoms with E-state index in [4.69, 9.17) is 0 Å². The van der Waals surface area contributed by atoms with Gasteiger partial charge >= 0.3 is 0 Å². The van der Waals surface area contributed by atoms with Crippen molar-refractivity contribution in [2.24, 2.45) is 0 Å². The number of aliphatic hydroxyl groups excluding tert-OH is 1. The summed E-state index contributed by atoms with van der Waals surface area (Å²) in [6, 6.07) is 2.66. The van der Waals surface area contributed by atoms with Gasteiger partial charge in [-0.1, -0.05) is 6.42 Å². The van der Waals surface area contributed by atoms with Crippen LogP contribution in [0.5, 0.6) is 0 Å². The van der Waals surface area contributed by atoms with Gasteiger partial charge in [0.05, 0.1) is 16.0 Å². The molecule has 24 heavy (non-hydrogen) atoms. The second-order valence-electron chi connectivity index (χ2n) is 5.92. The maximum Gasteiger partial charge on any atom is 0.275 e. The molecule has 1 aromatic carbocycles. The summed E-state index contributed by atoms with van der Waals surface area (Å²) in [4.78, 5) is 31.1. The second kappa shape index (κ2) is 6.63. The Morgan fingerprint density at radius 3 is 2.62 bits per heavy atom. The normalized spacial score (nSPS) is 16.0. The molecule has 0 aliphatic carbocycles. The lowest BCUT2D eigenvalue weighted by atomic mass is 10.1. The minimum absolute atomic E-state index is 0.135. The summed E-state index contributed by atoms with van der Waals surface area (Å²) >= 11 is 0. The van der Waals surface area contributed by atoms with Crippen LogP contribution in [0, 0.1) is 10.1 Å². The number of hydrogen-bond donors (Lipinski definition) is 3. The number of hydrogen-bond acceptors (Lipinski definition) is 7. The smallest absolute Gasteiger partial charge is 0.275 e. The van der Waals surface area contributed by atoms with Gasteiger partial charge in [0.2, 0.25) is 6.29 Å². The number of likely N-dealkylation sites (tertiary alicyclic amines) is 1. The summed E-state index contributed by atoms with van der Waals surface area (Å²) < 4.78 is 0. The number of nitrogens with zero attached hydrogens (tertiary/aromatic N) is 3. The molecule has 3 N–H and O–H groups in total. The summed E-state index contributed by atoms with van der Waals surface area (Å²) in [6.45, 7) is 2.24. The monoisotopic (exact) mass is 334 g/mol. The number of non-ortho nitro benzene ring substituents is 1. The van der Waals surface area contributed by atoms with Gasteiger partial charge in [-0.05, 0) is 25.9 Å². The van der Waals surface area contributed by atoms with E-state index < -0.39 is 22.5 Å². The lowest BCUT2D eigenvalue weighted by Gasteiger charge is -2.26. The third-order valence-corrected chi connectivity index (χ3v) is 4.18. The third-order valence-electron chi connectivity index (χ3n) is 4.18. The number of aromatic amines is 1. The molecule has 128 valence electrons. The van der Waals surface area contributed by atoms with Crippen molar-refractivity contribution in [1.29, 1.82) is 0 Å². The van der Waals surface area contributed by atoms with E-state index in [0.717, 1.165) is 25.9 Å². The van der Waals surface area contributed by atoms with Gasteiger partial charge in [-0.25, -0.2) is 4.98 Å². The second-order valence-corrected chi connectivity index (χ2v) is 5.92. The van der Waals surface area contributed by atoms with Crippen molar-refractivity contribution in [2.45, 2.75) is 32.1 Å². The van der Waals surface area contributed by atoms with Gasteiger partial charge in [0, 0.05) is 24.2 Å². The molecule has 2 aromatic rings. The molecule has 0 atom stereocenters. The van der Waals surface area contributed by atoms with E-state index in [9.17, 15) is 25.1 Å². The Morgan fingerprint density at radius 2 is 2.00 bits per heavy atom. The van der Waals surface area contributed by atoms with Crippen LogP contribution in [-0.2, 0) is 6.54 Å². The van der Waals surface area contributed by atoms with Gasteiger partial charge in [-0.3, -0.25) is 19.8 Å². The van der Waals surface area contributed by atoms with Crippen LogP contribution >= 0.6 is 0 Å². The molecule has 9 nitrogen and oxygen atoms in total. The van der Waals surface area contributed by atoms with Crippen LogP contribution < -0.4 is 5.56 Å². The van der Waals surface area contributed by atoms with Gasteiger partial charge in [-0.15, -0.1) is 0 Å². The van der Waals surface area contributed by atoms with E-state index in [1.165, 1.54) is 18.6 Å². The molecule has 0 amide bonds. The highest BCUT2D eigenvalue weighted by Gasteiger charge is 2.20. The van der Waals surface area contributed by atoms with Crippen LogP contribution in [0.25, 0.3) is 11.0 Å². The van der Waals surface area contributed by atoms with Crippen molar-refractivity contribution in [3.05, 3.63) is 43.9 Å². The molecule has 1 fully saturated rings. The summed E-state index contributed by atoms with van der Waals surface area (Å²) in [5.41, 5.74) is -0.193. The van der Waals surface area contributed by atoms with Gasteiger partial charge < -0.3 is 15.2 Å². The van der Waals surface area contributed by atoms with E-state index in [0.29, 0.717) is 17.6 Å². The van der Waals surface area contributed by atoms with E-state index in [2.05, 4.69) is 14.9 Å². The standard InChI is InChI=1S/C15H18N4O5/c20-14-13(15(21)22)17-12-9(8-18-4-2-1-3-5-18)6-10(19(23)24)7-11(12)16-14/h6-7,15,21-22H,1-5,8H2,(H,16,20). The number of aliphatic hydroxyl groups is 2. The Labute approximate surface area is 136 Å². The van der Waals surface area contributed by atoms with Gasteiger partial charge in [0.25, 0.3) is 11.2 Å². The van der Waals surface area contributed by atoms with Crippen LogP contribution in [0.15, 0.2) is 16.9 Å². The average molecular weight is 334 g/mol. The van der Waals surface area contributed by atoms with Gasteiger partial charge in [-0.2, -0.15) is 0 Å². The molecular weight excluding hydrogens is 316 g/mol. The molecule has 1 saturated heterocycles. The Hall–Kier alpha value is -2.36. The molecule has 0 unspecified atom stereocenters. The van der Waals surface area contributed by atoms with Crippen LogP contribution in [-0.4, -0.2) is 43.1 Å². The van der Waals surface area contributed by atoms with Crippen molar-refractivity contribution in [3.8, 4) is 0 Å². The number of rotatable bonds is 4. The fraction of sp³-hybridized carbons (Fsp3) is 0.467. The SMILES string of the molecule is O=c1[nH]c2cc([N+](=O)[O-])cc(CN3CCCCC3)c2nc1C(O)O. The number of aromatic nitrogens is 2. The zero-order valence-corrected chi connectivity index (χ0v) is 12.9. The quantitative estimate of drug-likeness (QED) is 0.428. The first kappa shape index (κ1) is 16.5. The number of nitro groups is 1. The van der Waals surface area contributed by atoms with Crippen LogP contribution in [0.2, 0.25) is 0 Å². The average Bonchev–Trinajstić information content (AvgIpc) is 2.54. The van der Waals surface area contributed by atoms with Crippen molar-refractivity contribution >= 4 is 16.7 Å². The molecule has 0 radical (unpaired) electrons. The molecular formula is C15H18N4O5. The minimum atomic E-state index is -2.00. The van der Waals surface area contributed by atoms with Crippen LogP contribution in [0.4, 0.5) is 5.69 Å². The summed E-state index contributed by atoms with van der Waals surface area (Å²) in [5, 5.41) is 29.7. The fourth-order valence-corrected chi connectivity index (χ4v) is 3.02. The van der Waals surface area contributed by atoms with Crippen molar-refractivity contribution in [3.63, 3.8) is 0 Å². The fourth-order valence-electron chi connectivity index (χ4n) is 3.02. The van der Waals surface area contributed by atoms with Crippen molar-refractivity contribution in [2.75, 3.05) is 13.1 Å². The number of nitro benzene ring substituents is 1. The van der Waals surface area contributed by atoms with Crippen LogP contribution in [0.1, 0.15) is 36.8 Å². The van der Waals surface area contributed by atoms with E-state index >= 15 is 0 Å². The lowest BCUT2D eigenvalue weighted by molar-refractivity contribution is -0.384. The minimum Gasteiger partial charge on any atom is -0.363 e. The highest BCUT2D eigenvalue weighted by Crippen LogP contribution is 2.25. The summed E-state index contributed by atoms with van der Waals surface area (Å²) in [7, 11) is 0. The van der Waals surface area contributed by atoms with E-state index in [1.807, 2.05) is 0 Å². The molecule has 1 aromatic heterocycles. The van der Waals surface area contributed by atoms with Crippen molar-refractivity contribution < 1.29 is 15.1 Å². The van der Waals surface area contributed by atoms with Crippen LogP contribution in [0.3, 0.4) is 0 Å². The number of piperidine rings is 1. The Kier molecular flexibility index (Phi) is 4.56. The molecule has 9 heteroatoms. The maximum atomic E-state index is 11.8. The molecule has 3 rings (SSSR count). The lowest BCUT2D eigenvalue weighted by Crippen LogP contribution is -2.29. The molecule has 0 bridgehead atoms. The topological polar surface area (TPSA) is 133 Å². The molecule has 0 saturated carbocycles. The largest absolute Gasteiger partial charge is 0.363 e. The number of nitrogens with one attached hydrogen (secondary N) is 1. The third kappa shape index (κ3) is 3.28. The first-order valence-corrected chi connectivity index (χ1v) is 7.75. The van der Waals surface area contributed by atoms with Gasteiger partial charge in [0.1, 0.15) is 0 Å². The molecule has 2 heterocycles. The zero-order valence-electron chi connectivity index (χ0n) is 12.9. The van der Waals surface area contributed by atoms with Crippen molar-refractivity contribution in [1.82, 2.24) is 14.9 Å². The number of H-pyrrole nitrogens is 1. The van der Waals surface area contributed by atoms with Gasteiger partial charge in [0.15, 0.2) is 5.69 Å². The Morgan fingerprint density at radius 1 is 1.29 bits per heavy atom. The Bertz CT molecular complexity index is 826. The Balaban J connectivity index is 2.13. The highest BCUT2D eigenvalue weighted by molar-refractivity contribution is 5.80. The highest BCUT2D eigenvalue weighted by atomic mass is 16.6. The summed E-state index contributed by atoms with van der Waals surface area (Å²) in [5.74, 6) is 0.